The Bertz CT molecular complexity index is 398. The molecule has 2 heteroatoms. The fourth-order valence-corrected chi connectivity index (χ4v) is 3.05. The minimum Gasteiger partial charge on any atom is -0.386 e. The Kier molecular flexibility index (Phi) is 3.67. The predicted octanol–water partition coefficient (Wildman–Crippen LogP) is 3.24. The topological polar surface area (TPSA) is 29.5 Å². The molecule has 2 unspecified atom stereocenters. The smallest absolute Gasteiger partial charge is 0.105 e. The number of aliphatic hydroxyl groups is 1. The van der Waals surface area contributed by atoms with E-state index in [0.717, 1.165) is 30.9 Å². The predicted molar refractivity (Wildman–Crippen MR) is 71.4 cm³/mol. The standard InChI is InChI=1S/C16H22O2/c17-16-14-7-2-1-6-13(14)8-9-15(16)18-11-10-12-4-3-5-12/h1-2,6-7,12,15-17H,3-5,8-11H2. The van der Waals surface area contributed by atoms with Crippen LogP contribution in [0.2, 0.25) is 0 Å². The Labute approximate surface area is 109 Å². The summed E-state index contributed by atoms with van der Waals surface area (Å²) in [5.41, 5.74) is 2.35. The zero-order valence-electron chi connectivity index (χ0n) is 10.8. The molecule has 2 nitrogen and oxygen atoms in total. The normalized spacial score (nSPS) is 27.6. The molecule has 0 saturated heterocycles. The minimum atomic E-state index is -0.434. The molecule has 1 saturated carbocycles. The molecule has 0 amide bonds. The lowest BCUT2D eigenvalue weighted by molar-refractivity contribution is -0.0539. The van der Waals surface area contributed by atoms with Crippen LogP contribution in [-0.2, 0) is 11.2 Å². The number of aliphatic hydroxyl groups excluding tert-OH is 1. The number of aryl methyl sites for hydroxylation is 1. The van der Waals surface area contributed by atoms with E-state index in [9.17, 15) is 5.11 Å². The average molecular weight is 246 g/mol. The molecule has 0 bridgehead atoms. The van der Waals surface area contributed by atoms with E-state index in [4.69, 9.17) is 4.74 Å². The van der Waals surface area contributed by atoms with Crippen LogP contribution in [0, 0.1) is 5.92 Å². The third-order valence-corrected chi connectivity index (χ3v) is 4.51. The van der Waals surface area contributed by atoms with Gasteiger partial charge in [0.1, 0.15) is 6.10 Å². The first-order valence-electron chi connectivity index (χ1n) is 7.22. The first-order valence-corrected chi connectivity index (χ1v) is 7.22. The lowest BCUT2D eigenvalue weighted by Gasteiger charge is -2.31. The maximum atomic E-state index is 10.3. The maximum Gasteiger partial charge on any atom is 0.105 e. The molecular formula is C16H22O2. The second-order valence-electron chi connectivity index (χ2n) is 5.68. The quantitative estimate of drug-likeness (QED) is 0.883. The van der Waals surface area contributed by atoms with Crippen molar-refractivity contribution in [3.8, 4) is 0 Å². The van der Waals surface area contributed by atoms with Crippen molar-refractivity contribution in [3.05, 3.63) is 35.4 Å². The van der Waals surface area contributed by atoms with Crippen molar-refractivity contribution in [2.24, 2.45) is 5.92 Å². The molecule has 1 aromatic carbocycles. The Hall–Kier alpha value is -0.860. The highest BCUT2D eigenvalue weighted by Crippen LogP contribution is 2.33. The lowest BCUT2D eigenvalue weighted by Crippen LogP contribution is -2.29. The van der Waals surface area contributed by atoms with E-state index < -0.39 is 6.10 Å². The van der Waals surface area contributed by atoms with E-state index in [1.165, 1.54) is 31.2 Å². The van der Waals surface area contributed by atoms with Gasteiger partial charge in [0.2, 0.25) is 0 Å². The molecule has 0 aliphatic heterocycles. The number of hydrogen-bond acceptors (Lipinski definition) is 2. The van der Waals surface area contributed by atoms with Crippen molar-refractivity contribution in [2.75, 3.05) is 6.61 Å². The summed E-state index contributed by atoms with van der Waals surface area (Å²) in [4.78, 5) is 0. The van der Waals surface area contributed by atoms with E-state index in [-0.39, 0.29) is 6.10 Å². The second-order valence-corrected chi connectivity index (χ2v) is 5.68. The van der Waals surface area contributed by atoms with Crippen LogP contribution in [0.25, 0.3) is 0 Å². The zero-order chi connectivity index (χ0) is 12.4. The Morgan fingerprint density at radius 2 is 2.00 bits per heavy atom. The van der Waals surface area contributed by atoms with Gasteiger partial charge in [-0.3, -0.25) is 0 Å². The summed E-state index contributed by atoms with van der Waals surface area (Å²) in [6.45, 7) is 0.814. The molecule has 1 aromatic rings. The maximum absolute atomic E-state index is 10.3. The SMILES string of the molecule is OC1c2ccccc2CCC1OCCC1CCC1. The zero-order valence-corrected chi connectivity index (χ0v) is 10.8. The molecular weight excluding hydrogens is 224 g/mol. The van der Waals surface area contributed by atoms with Gasteiger partial charge in [0, 0.05) is 6.61 Å². The molecule has 98 valence electrons. The van der Waals surface area contributed by atoms with Gasteiger partial charge in [0.15, 0.2) is 0 Å². The van der Waals surface area contributed by atoms with Gasteiger partial charge in [-0.25, -0.2) is 0 Å². The molecule has 2 aliphatic rings. The van der Waals surface area contributed by atoms with Crippen molar-refractivity contribution < 1.29 is 9.84 Å². The Balaban J connectivity index is 1.54. The molecule has 0 radical (unpaired) electrons. The van der Waals surface area contributed by atoms with E-state index in [1.54, 1.807) is 0 Å². The van der Waals surface area contributed by atoms with E-state index >= 15 is 0 Å². The summed E-state index contributed by atoms with van der Waals surface area (Å²) in [6, 6.07) is 8.19. The molecule has 2 atom stereocenters. The largest absolute Gasteiger partial charge is 0.386 e. The average Bonchev–Trinajstić information content (AvgIpc) is 2.35. The lowest BCUT2D eigenvalue weighted by atomic mass is 9.83. The van der Waals surface area contributed by atoms with Crippen LogP contribution >= 0.6 is 0 Å². The van der Waals surface area contributed by atoms with Gasteiger partial charge < -0.3 is 9.84 Å². The van der Waals surface area contributed by atoms with Gasteiger partial charge in [0.25, 0.3) is 0 Å². The summed E-state index contributed by atoms with van der Waals surface area (Å²) in [5, 5.41) is 10.3. The van der Waals surface area contributed by atoms with Crippen LogP contribution in [0.4, 0.5) is 0 Å². The number of rotatable bonds is 4. The van der Waals surface area contributed by atoms with Crippen molar-refractivity contribution in [3.63, 3.8) is 0 Å². The van der Waals surface area contributed by atoms with Gasteiger partial charge in [0.05, 0.1) is 6.10 Å². The summed E-state index contributed by atoms with van der Waals surface area (Å²) in [5.74, 6) is 0.887. The Morgan fingerprint density at radius 3 is 2.78 bits per heavy atom. The summed E-state index contributed by atoms with van der Waals surface area (Å²) < 4.78 is 5.91. The molecule has 18 heavy (non-hydrogen) atoms. The van der Waals surface area contributed by atoms with Crippen LogP contribution in [0.5, 0.6) is 0 Å². The van der Waals surface area contributed by atoms with Crippen molar-refractivity contribution in [1.29, 1.82) is 0 Å². The van der Waals surface area contributed by atoms with Gasteiger partial charge >= 0.3 is 0 Å². The highest BCUT2D eigenvalue weighted by molar-refractivity contribution is 5.32. The number of benzene rings is 1. The van der Waals surface area contributed by atoms with E-state index in [1.807, 2.05) is 18.2 Å². The molecule has 1 N–H and O–H groups in total. The fourth-order valence-electron chi connectivity index (χ4n) is 3.05. The number of ether oxygens (including phenoxy) is 1. The molecule has 0 aromatic heterocycles. The van der Waals surface area contributed by atoms with Crippen molar-refractivity contribution in [2.45, 2.75) is 50.7 Å². The molecule has 1 fully saturated rings. The molecule has 0 heterocycles. The van der Waals surface area contributed by atoms with E-state index in [0.29, 0.717) is 0 Å². The first kappa shape index (κ1) is 12.2. The van der Waals surface area contributed by atoms with Gasteiger partial charge in [-0.05, 0) is 36.3 Å². The third kappa shape index (κ3) is 2.45. The fraction of sp³-hybridized carbons (Fsp3) is 0.625. The van der Waals surface area contributed by atoms with Gasteiger partial charge in [-0.2, -0.15) is 0 Å². The van der Waals surface area contributed by atoms with Crippen LogP contribution < -0.4 is 0 Å². The van der Waals surface area contributed by atoms with Crippen LogP contribution in [0.15, 0.2) is 24.3 Å². The highest BCUT2D eigenvalue weighted by atomic mass is 16.5. The second kappa shape index (κ2) is 5.41. The number of hydrogen-bond donors (Lipinski definition) is 1. The minimum absolute atomic E-state index is 0.0000217. The first-order chi connectivity index (χ1) is 8.84. The molecule has 2 aliphatic carbocycles. The number of fused-ring (bicyclic) bond motifs is 1. The van der Waals surface area contributed by atoms with Crippen LogP contribution in [0.3, 0.4) is 0 Å². The summed E-state index contributed by atoms with van der Waals surface area (Å²) in [7, 11) is 0. The Morgan fingerprint density at radius 1 is 1.17 bits per heavy atom. The monoisotopic (exact) mass is 246 g/mol. The highest BCUT2D eigenvalue weighted by Gasteiger charge is 2.28. The van der Waals surface area contributed by atoms with Crippen molar-refractivity contribution in [1.82, 2.24) is 0 Å². The molecule has 0 spiro atoms. The van der Waals surface area contributed by atoms with Gasteiger partial charge in [-0.15, -0.1) is 0 Å². The third-order valence-electron chi connectivity index (χ3n) is 4.51. The van der Waals surface area contributed by atoms with Crippen LogP contribution in [-0.4, -0.2) is 17.8 Å². The molecule has 3 rings (SSSR count). The van der Waals surface area contributed by atoms with Crippen LogP contribution in [0.1, 0.15) is 49.3 Å². The van der Waals surface area contributed by atoms with E-state index in [2.05, 4.69) is 6.07 Å². The summed E-state index contributed by atoms with van der Waals surface area (Å²) >= 11 is 0. The summed E-state index contributed by atoms with van der Waals surface area (Å²) in [6.07, 6.45) is 6.86. The van der Waals surface area contributed by atoms with Gasteiger partial charge in [-0.1, -0.05) is 43.5 Å². The van der Waals surface area contributed by atoms with Crippen molar-refractivity contribution >= 4 is 0 Å².